The number of methoxy groups -OCH3 is 1. The van der Waals surface area contributed by atoms with Crippen molar-refractivity contribution < 1.29 is 37.7 Å². The topological polar surface area (TPSA) is 115 Å². The van der Waals surface area contributed by atoms with Crippen LogP contribution in [0, 0.1) is 6.92 Å². The molecule has 0 aromatic heterocycles. The summed E-state index contributed by atoms with van der Waals surface area (Å²) in [5.74, 6) is -2.10. The van der Waals surface area contributed by atoms with Gasteiger partial charge in [0, 0.05) is 31.9 Å². The zero-order valence-electron chi connectivity index (χ0n) is 22.6. The summed E-state index contributed by atoms with van der Waals surface area (Å²) in [4.78, 5) is 29.7. The fourth-order valence-corrected chi connectivity index (χ4v) is 3.99. The van der Waals surface area contributed by atoms with Crippen molar-refractivity contribution in [2.75, 3.05) is 43.5 Å². The van der Waals surface area contributed by atoms with Crippen molar-refractivity contribution in [1.29, 1.82) is 0 Å². The Balaban J connectivity index is 0.000000587. The van der Waals surface area contributed by atoms with Crippen LogP contribution in [0.15, 0.2) is 77.8 Å². The maximum Gasteiger partial charge on any atom is 0.490 e. The van der Waals surface area contributed by atoms with E-state index in [9.17, 15) is 23.1 Å². The van der Waals surface area contributed by atoms with Crippen LogP contribution < -0.4 is 15.0 Å². The molecule has 0 amide bonds. The summed E-state index contributed by atoms with van der Waals surface area (Å²) in [6, 6.07) is 23.2. The van der Waals surface area contributed by atoms with Gasteiger partial charge in [0.2, 0.25) is 0 Å². The number of benzene rings is 3. The van der Waals surface area contributed by atoms with Gasteiger partial charge in [0.25, 0.3) is 0 Å². The molecule has 1 fully saturated rings. The lowest BCUT2D eigenvalue weighted by Crippen LogP contribution is -2.50. The number of aromatic carboxylic acids is 1. The summed E-state index contributed by atoms with van der Waals surface area (Å²) in [6.45, 7) is 5.79. The fourth-order valence-electron chi connectivity index (χ4n) is 3.99. The van der Waals surface area contributed by atoms with E-state index in [4.69, 9.17) is 19.6 Å². The maximum absolute atomic E-state index is 11.4. The first-order chi connectivity index (χ1) is 19.5. The van der Waals surface area contributed by atoms with Crippen LogP contribution in [0.4, 0.5) is 24.5 Å². The number of piperazine rings is 1. The van der Waals surface area contributed by atoms with E-state index < -0.39 is 18.1 Å². The number of aryl methyl sites for hydroxylation is 1. The van der Waals surface area contributed by atoms with Crippen LogP contribution >= 0.6 is 0 Å². The third-order valence-electron chi connectivity index (χ3n) is 6.15. The van der Waals surface area contributed by atoms with Crippen molar-refractivity contribution in [3.63, 3.8) is 0 Å². The molecule has 3 N–H and O–H groups in total. The third-order valence-corrected chi connectivity index (χ3v) is 6.15. The highest BCUT2D eigenvalue weighted by molar-refractivity contribution is 5.96. The lowest BCUT2D eigenvalue weighted by molar-refractivity contribution is -0.192. The van der Waals surface area contributed by atoms with E-state index in [-0.39, 0.29) is 5.56 Å². The van der Waals surface area contributed by atoms with Gasteiger partial charge in [-0.15, -0.1) is 0 Å². The molecular weight excluding hydrogens is 541 g/mol. The van der Waals surface area contributed by atoms with Crippen molar-refractivity contribution in [2.24, 2.45) is 4.99 Å². The van der Waals surface area contributed by atoms with Gasteiger partial charge in [-0.05, 0) is 42.8 Å². The van der Waals surface area contributed by atoms with E-state index in [1.54, 1.807) is 25.3 Å². The van der Waals surface area contributed by atoms with Gasteiger partial charge in [0.15, 0.2) is 5.96 Å². The Labute approximate surface area is 235 Å². The molecule has 0 bridgehead atoms. The van der Waals surface area contributed by atoms with E-state index in [2.05, 4.69) is 52.4 Å². The SMILES string of the molecule is COc1ccccc1N1CCN(C(=NCc2ccc(C)cc2)Nc2cccc(C(=O)O)c2)CC1.O=C(O)C(F)(F)F. The highest BCUT2D eigenvalue weighted by Crippen LogP contribution is 2.28. The zero-order chi connectivity index (χ0) is 30.0. The average molecular weight is 573 g/mol. The molecule has 1 aliphatic rings. The summed E-state index contributed by atoms with van der Waals surface area (Å²) in [6.07, 6.45) is -5.08. The Hall–Kier alpha value is -4.74. The predicted octanol–water partition coefficient (Wildman–Crippen LogP) is 5.13. The monoisotopic (exact) mass is 572 g/mol. The molecule has 12 heteroatoms. The molecule has 4 rings (SSSR count). The summed E-state index contributed by atoms with van der Waals surface area (Å²) >= 11 is 0. The lowest BCUT2D eigenvalue weighted by Gasteiger charge is -2.38. The number of alkyl halides is 3. The molecule has 1 heterocycles. The number of hydrogen-bond donors (Lipinski definition) is 3. The molecule has 0 atom stereocenters. The van der Waals surface area contributed by atoms with Crippen molar-refractivity contribution in [1.82, 2.24) is 4.90 Å². The molecule has 1 aliphatic heterocycles. The number of aliphatic imine (C=N–C) groups is 1. The van der Waals surface area contributed by atoms with Crippen LogP contribution in [0.2, 0.25) is 0 Å². The number of para-hydroxylation sites is 2. The smallest absolute Gasteiger partial charge is 0.490 e. The summed E-state index contributed by atoms with van der Waals surface area (Å²) in [5.41, 5.74) is 4.37. The van der Waals surface area contributed by atoms with E-state index in [0.29, 0.717) is 12.2 Å². The standard InChI is InChI=1S/C27H30N4O3.C2HF3O2/c1-20-10-12-21(13-11-20)19-28-27(29-23-7-5-6-22(18-23)26(32)33)31-16-14-30(15-17-31)24-8-3-4-9-25(24)34-2;3-2(4,5)1(6)7/h3-13,18H,14-17,19H2,1-2H3,(H,28,29)(H,32,33);(H,6,7). The summed E-state index contributed by atoms with van der Waals surface area (Å²) < 4.78 is 37.3. The van der Waals surface area contributed by atoms with Gasteiger partial charge in [0.1, 0.15) is 5.75 Å². The zero-order valence-corrected chi connectivity index (χ0v) is 22.6. The number of rotatable bonds is 6. The Morgan fingerprint density at radius 1 is 0.951 bits per heavy atom. The predicted molar refractivity (Wildman–Crippen MR) is 150 cm³/mol. The van der Waals surface area contributed by atoms with Crippen LogP contribution in [0.1, 0.15) is 21.5 Å². The van der Waals surface area contributed by atoms with Crippen molar-refractivity contribution in [3.8, 4) is 5.75 Å². The molecule has 0 saturated carbocycles. The van der Waals surface area contributed by atoms with Crippen molar-refractivity contribution in [3.05, 3.63) is 89.5 Å². The third kappa shape index (κ3) is 9.16. The Kier molecular flexibility index (Phi) is 10.6. The molecule has 3 aromatic carbocycles. The van der Waals surface area contributed by atoms with Crippen LogP contribution in [-0.2, 0) is 11.3 Å². The minimum Gasteiger partial charge on any atom is -0.495 e. The number of carbonyl (C=O) groups is 2. The quantitative estimate of drug-likeness (QED) is 0.275. The number of ether oxygens (including phenoxy) is 1. The van der Waals surface area contributed by atoms with Gasteiger partial charge < -0.3 is 30.1 Å². The van der Waals surface area contributed by atoms with E-state index >= 15 is 0 Å². The molecule has 0 aliphatic carbocycles. The summed E-state index contributed by atoms with van der Waals surface area (Å²) in [5, 5.41) is 19.9. The van der Waals surface area contributed by atoms with Crippen LogP contribution in [-0.4, -0.2) is 72.5 Å². The Morgan fingerprint density at radius 3 is 2.17 bits per heavy atom. The number of carboxylic acids is 2. The molecule has 0 unspecified atom stereocenters. The summed E-state index contributed by atoms with van der Waals surface area (Å²) in [7, 11) is 1.69. The second-order valence-electron chi connectivity index (χ2n) is 9.09. The van der Waals surface area contributed by atoms with Gasteiger partial charge in [-0.2, -0.15) is 13.2 Å². The Bertz CT molecular complexity index is 1360. The highest BCUT2D eigenvalue weighted by Gasteiger charge is 2.38. The van der Waals surface area contributed by atoms with Gasteiger partial charge >= 0.3 is 18.1 Å². The lowest BCUT2D eigenvalue weighted by atomic mass is 10.1. The van der Waals surface area contributed by atoms with Crippen LogP contribution in [0.3, 0.4) is 0 Å². The molecule has 0 spiro atoms. The molecule has 1 saturated heterocycles. The molecule has 0 radical (unpaired) electrons. The molecule has 3 aromatic rings. The first-order valence-corrected chi connectivity index (χ1v) is 12.6. The number of aliphatic carboxylic acids is 1. The molecule has 41 heavy (non-hydrogen) atoms. The van der Waals surface area contributed by atoms with Crippen molar-refractivity contribution in [2.45, 2.75) is 19.6 Å². The number of nitrogens with zero attached hydrogens (tertiary/aromatic N) is 3. The van der Waals surface area contributed by atoms with E-state index in [0.717, 1.165) is 49.1 Å². The number of carboxylic acid groups (broad SMARTS) is 2. The number of halogens is 3. The maximum atomic E-state index is 11.4. The van der Waals surface area contributed by atoms with E-state index in [1.807, 2.05) is 24.3 Å². The Morgan fingerprint density at radius 2 is 1.59 bits per heavy atom. The first-order valence-electron chi connectivity index (χ1n) is 12.6. The molecule has 9 nitrogen and oxygen atoms in total. The van der Waals surface area contributed by atoms with Crippen molar-refractivity contribution >= 4 is 29.3 Å². The minimum atomic E-state index is -5.08. The second-order valence-corrected chi connectivity index (χ2v) is 9.09. The van der Waals surface area contributed by atoms with Crippen LogP contribution in [0.25, 0.3) is 0 Å². The molecule has 218 valence electrons. The van der Waals surface area contributed by atoms with Gasteiger partial charge in [0.05, 0.1) is 24.9 Å². The normalized spacial score (nSPS) is 13.6. The average Bonchev–Trinajstić information content (AvgIpc) is 2.96. The minimum absolute atomic E-state index is 0.240. The number of anilines is 2. The number of nitrogens with one attached hydrogen (secondary N) is 1. The molecular formula is C29H31F3N4O5. The van der Waals surface area contributed by atoms with Gasteiger partial charge in [-0.25, -0.2) is 14.6 Å². The first kappa shape index (κ1) is 30.8. The van der Waals surface area contributed by atoms with Crippen LogP contribution in [0.5, 0.6) is 5.75 Å². The number of guanidine groups is 1. The largest absolute Gasteiger partial charge is 0.495 e. The second kappa shape index (κ2) is 14.1. The van der Waals surface area contributed by atoms with E-state index in [1.165, 1.54) is 5.56 Å². The number of hydrogen-bond acceptors (Lipinski definition) is 5. The highest BCUT2D eigenvalue weighted by atomic mass is 19.4. The van der Waals surface area contributed by atoms with Gasteiger partial charge in [-0.3, -0.25) is 0 Å². The fraction of sp³-hybridized carbons (Fsp3) is 0.276. The van der Waals surface area contributed by atoms with Gasteiger partial charge in [-0.1, -0.05) is 48.0 Å².